The van der Waals surface area contributed by atoms with Gasteiger partial charge in [-0.2, -0.15) is 0 Å². The van der Waals surface area contributed by atoms with Crippen LogP contribution in [0, 0.1) is 6.07 Å². The normalized spacial score (nSPS) is 12.0. The lowest BCUT2D eigenvalue weighted by Crippen LogP contribution is -2.23. The van der Waals surface area contributed by atoms with Crippen LogP contribution >= 0.6 is 0 Å². The van der Waals surface area contributed by atoms with Crippen molar-refractivity contribution in [3.05, 3.63) is 131 Å². The molecule has 0 saturated carbocycles. The summed E-state index contributed by atoms with van der Waals surface area (Å²) in [6.45, 7) is 9.29. The van der Waals surface area contributed by atoms with Gasteiger partial charge in [0.1, 0.15) is 0 Å². The second-order valence-electron chi connectivity index (χ2n) is 9.03. The first-order chi connectivity index (χ1) is 14.4. The van der Waals surface area contributed by atoms with E-state index in [1.165, 1.54) is 33.4 Å². The summed E-state index contributed by atoms with van der Waals surface area (Å²) in [5, 5.41) is 0. The van der Waals surface area contributed by atoms with Crippen molar-refractivity contribution in [3.63, 3.8) is 0 Å². The van der Waals surface area contributed by atoms with Gasteiger partial charge < -0.3 is 0 Å². The Kier molecular flexibility index (Phi) is 5.35. The van der Waals surface area contributed by atoms with Gasteiger partial charge in [0.2, 0.25) is 0 Å². The van der Waals surface area contributed by atoms with Crippen LogP contribution < -0.4 is 0 Å². The minimum absolute atomic E-state index is 0.0776. The first-order valence-corrected chi connectivity index (χ1v) is 10.6. The molecule has 0 aromatic heterocycles. The molecule has 0 spiro atoms. The van der Waals surface area contributed by atoms with Gasteiger partial charge in [-0.25, -0.2) is 0 Å². The molecule has 0 N–H and O–H groups in total. The Hall–Kier alpha value is -3.12. The predicted octanol–water partition coefficient (Wildman–Crippen LogP) is 7.81. The van der Waals surface area contributed by atoms with E-state index in [-0.39, 0.29) is 10.8 Å². The highest BCUT2D eigenvalue weighted by Gasteiger charge is 2.30. The summed E-state index contributed by atoms with van der Waals surface area (Å²) < 4.78 is 0. The van der Waals surface area contributed by atoms with Gasteiger partial charge in [0.25, 0.3) is 0 Å². The minimum atomic E-state index is -0.126. The van der Waals surface area contributed by atoms with Gasteiger partial charge in [-0.05, 0) is 39.4 Å². The monoisotopic (exact) mass is 389 g/mol. The van der Waals surface area contributed by atoms with Gasteiger partial charge in [-0.1, -0.05) is 131 Å². The van der Waals surface area contributed by atoms with E-state index < -0.39 is 0 Å². The van der Waals surface area contributed by atoms with Gasteiger partial charge in [0.15, 0.2) is 0 Å². The number of benzene rings is 4. The summed E-state index contributed by atoms with van der Waals surface area (Å²) in [4.78, 5) is 0. The lowest BCUT2D eigenvalue weighted by atomic mass is 9.71. The highest BCUT2D eigenvalue weighted by Crippen LogP contribution is 2.41. The number of hydrogen-bond acceptors (Lipinski definition) is 0. The van der Waals surface area contributed by atoms with Crippen molar-refractivity contribution < 1.29 is 0 Å². The zero-order valence-corrected chi connectivity index (χ0v) is 18.3. The van der Waals surface area contributed by atoms with Crippen LogP contribution in [0.4, 0.5) is 0 Å². The van der Waals surface area contributed by atoms with Gasteiger partial charge >= 0.3 is 0 Å². The van der Waals surface area contributed by atoms with Gasteiger partial charge in [-0.3, -0.25) is 0 Å². The molecular weight excluding hydrogens is 360 g/mol. The zero-order valence-electron chi connectivity index (χ0n) is 18.3. The van der Waals surface area contributed by atoms with Crippen molar-refractivity contribution in [1.29, 1.82) is 0 Å². The molecule has 1 radical (unpaired) electrons. The van der Waals surface area contributed by atoms with E-state index in [2.05, 4.69) is 125 Å². The number of rotatable bonds is 5. The summed E-state index contributed by atoms with van der Waals surface area (Å²) in [5.74, 6) is 0. The van der Waals surface area contributed by atoms with Crippen LogP contribution in [0.5, 0.6) is 0 Å². The van der Waals surface area contributed by atoms with Gasteiger partial charge in [0, 0.05) is 10.8 Å². The van der Waals surface area contributed by atoms with E-state index in [0.717, 1.165) is 0 Å². The minimum Gasteiger partial charge on any atom is -0.0622 e. The first kappa shape index (κ1) is 20.2. The van der Waals surface area contributed by atoms with E-state index in [9.17, 15) is 0 Å². The summed E-state index contributed by atoms with van der Waals surface area (Å²) in [5.41, 5.74) is 7.65. The molecule has 0 aliphatic rings. The Morgan fingerprint density at radius 1 is 0.533 bits per heavy atom. The SMILES string of the molecule is CC(C)(c1ccccc1)c1ccc(-c2cc[c]cc2)c(C(C)(C)c2ccccc2)c1. The van der Waals surface area contributed by atoms with E-state index in [0.29, 0.717) is 0 Å². The fourth-order valence-electron chi connectivity index (χ4n) is 4.30. The lowest BCUT2D eigenvalue weighted by Gasteiger charge is -2.33. The molecule has 0 fully saturated rings. The molecule has 149 valence electrons. The average Bonchev–Trinajstić information content (AvgIpc) is 2.80. The third-order valence-electron chi connectivity index (χ3n) is 6.43. The molecule has 0 bridgehead atoms. The standard InChI is InChI=1S/C30H29/c1-29(2,24-16-10-6-11-17-24)26-20-21-27(23-14-8-5-9-15-23)28(22-26)30(3,4)25-18-12-7-13-19-25/h6-22H,1-4H3. The Morgan fingerprint density at radius 2 is 1.07 bits per heavy atom. The summed E-state index contributed by atoms with van der Waals surface area (Å²) in [6.07, 6.45) is 0. The quantitative estimate of drug-likeness (QED) is 0.326. The van der Waals surface area contributed by atoms with E-state index in [1.807, 2.05) is 12.1 Å². The van der Waals surface area contributed by atoms with Crippen molar-refractivity contribution in [1.82, 2.24) is 0 Å². The van der Waals surface area contributed by atoms with E-state index in [4.69, 9.17) is 0 Å². The maximum atomic E-state index is 3.15. The van der Waals surface area contributed by atoms with Gasteiger partial charge in [0.05, 0.1) is 0 Å². The Morgan fingerprint density at radius 3 is 1.63 bits per heavy atom. The smallest absolute Gasteiger partial charge is 0.0152 e. The molecule has 0 atom stereocenters. The second kappa shape index (κ2) is 7.95. The van der Waals surface area contributed by atoms with Crippen LogP contribution in [0.15, 0.2) is 103 Å². The molecule has 4 aromatic rings. The highest BCUT2D eigenvalue weighted by molar-refractivity contribution is 5.71. The predicted molar refractivity (Wildman–Crippen MR) is 128 cm³/mol. The van der Waals surface area contributed by atoms with Crippen molar-refractivity contribution in [2.75, 3.05) is 0 Å². The Labute approximate surface area is 181 Å². The molecule has 4 aromatic carbocycles. The Balaban J connectivity index is 1.92. The summed E-state index contributed by atoms with van der Waals surface area (Å²) in [7, 11) is 0. The fraction of sp³-hybridized carbons (Fsp3) is 0.200. The van der Waals surface area contributed by atoms with Crippen LogP contribution in [0.1, 0.15) is 49.9 Å². The molecule has 0 heteroatoms. The lowest BCUT2D eigenvalue weighted by molar-refractivity contribution is 0.618. The fourth-order valence-corrected chi connectivity index (χ4v) is 4.30. The third kappa shape index (κ3) is 3.71. The summed E-state index contributed by atoms with van der Waals surface area (Å²) in [6, 6.07) is 40.1. The van der Waals surface area contributed by atoms with E-state index >= 15 is 0 Å². The molecule has 0 amide bonds. The van der Waals surface area contributed by atoms with Crippen molar-refractivity contribution >= 4 is 0 Å². The van der Waals surface area contributed by atoms with Crippen LogP contribution in [0.25, 0.3) is 11.1 Å². The van der Waals surface area contributed by atoms with Crippen LogP contribution in [-0.4, -0.2) is 0 Å². The van der Waals surface area contributed by atoms with Gasteiger partial charge in [-0.15, -0.1) is 0 Å². The van der Waals surface area contributed by atoms with Crippen molar-refractivity contribution in [2.24, 2.45) is 0 Å². The molecule has 0 unspecified atom stereocenters. The second-order valence-corrected chi connectivity index (χ2v) is 9.03. The number of hydrogen-bond donors (Lipinski definition) is 0. The zero-order chi connectivity index (χ0) is 21.2. The summed E-state index contributed by atoms with van der Waals surface area (Å²) >= 11 is 0. The van der Waals surface area contributed by atoms with Crippen LogP contribution in [0.2, 0.25) is 0 Å². The van der Waals surface area contributed by atoms with Crippen LogP contribution in [0.3, 0.4) is 0 Å². The maximum absolute atomic E-state index is 3.15. The topological polar surface area (TPSA) is 0 Å². The molecule has 4 rings (SSSR count). The molecule has 0 nitrogen and oxygen atoms in total. The van der Waals surface area contributed by atoms with Crippen LogP contribution in [-0.2, 0) is 10.8 Å². The first-order valence-electron chi connectivity index (χ1n) is 10.6. The highest BCUT2D eigenvalue weighted by atomic mass is 14.3. The molecule has 0 aliphatic heterocycles. The molecule has 0 heterocycles. The van der Waals surface area contributed by atoms with E-state index in [1.54, 1.807) is 0 Å². The molecular formula is C30H29. The van der Waals surface area contributed by atoms with Crippen molar-refractivity contribution in [3.8, 4) is 11.1 Å². The average molecular weight is 390 g/mol. The van der Waals surface area contributed by atoms with Crippen molar-refractivity contribution in [2.45, 2.75) is 38.5 Å². The maximum Gasteiger partial charge on any atom is 0.0152 e. The Bertz CT molecular complexity index is 1100. The molecule has 30 heavy (non-hydrogen) atoms. The molecule has 0 aliphatic carbocycles. The molecule has 0 saturated heterocycles. The largest absolute Gasteiger partial charge is 0.0622 e. The third-order valence-corrected chi connectivity index (χ3v) is 6.43.